The maximum absolute atomic E-state index is 12.6. The first-order valence-corrected chi connectivity index (χ1v) is 10.7. The largest absolute Gasteiger partial charge is 0.494 e. The lowest BCUT2D eigenvalue weighted by Crippen LogP contribution is -2.45. The molecule has 0 fully saturated rings. The lowest BCUT2D eigenvalue weighted by Gasteiger charge is -2.28. The van der Waals surface area contributed by atoms with E-state index in [1.165, 1.54) is 13.0 Å². The normalized spacial score (nSPS) is 12.3. The number of sulfonamides is 1. The van der Waals surface area contributed by atoms with E-state index in [0.717, 1.165) is 10.6 Å². The van der Waals surface area contributed by atoms with Gasteiger partial charge in [-0.15, -0.1) is 0 Å². The van der Waals surface area contributed by atoms with E-state index in [9.17, 15) is 13.2 Å². The van der Waals surface area contributed by atoms with Gasteiger partial charge in [-0.05, 0) is 56.3 Å². The first kappa shape index (κ1) is 21.3. The van der Waals surface area contributed by atoms with Crippen molar-refractivity contribution in [3.63, 3.8) is 0 Å². The summed E-state index contributed by atoms with van der Waals surface area (Å²) in [6.07, 6.45) is 1.05. The summed E-state index contributed by atoms with van der Waals surface area (Å²) < 4.78 is 31.0. The number of anilines is 2. The zero-order chi connectivity index (χ0) is 20.2. The quantitative estimate of drug-likeness (QED) is 0.714. The number of benzene rings is 2. The number of hydrogen-bond donors (Lipinski definition) is 1. The molecule has 0 saturated carbocycles. The highest BCUT2D eigenvalue weighted by Gasteiger charge is 2.29. The van der Waals surface area contributed by atoms with Gasteiger partial charge in [-0.1, -0.05) is 23.2 Å². The van der Waals surface area contributed by atoms with Crippen molar-refractivity contribution >= 4 is 50.5 Å². The van der Waals surface area contributed by atoms with Crippen molar-refractivity contribution in [1.82, 2.24) is 0 Å². The van der Waals surface area contributed by atoms with E-state index in [1.54, 1.807) is 36.4 Å². The monoisotopic (exact) mass is 430 g/mol. The highest BCUT2D eigenvalue weighted by atomic mass is 35.5. The molecule has 0 aliphatic heterocycles. The molecule has 0 aliphatic carbocycles. The van der Waals surface area contributed by atoms with E-state index in [0.29, 0.717) is 28.8 Å². The molecular formula is C18H20Cl2N2O4S. The van der Waals surface area contributed by atoms with E-state index in [2.05, 4.69) is 5.32 Å². The summed E-state index contributed by atoms with van der Waals surface area (Å²) in [6, 6.07) is 10.1. The molecule has 0 aromatic heterocycles. The lowest BCUT2D eigenvalue weighted by atomic mass is 10.2. The highest BCUT2D eigenvalue weighted by molar-refractivity contribution is 7.92. The third-order valence-corrected chi connectivity index (χ3v) is 5.66. The number of carbonyl (C=O) groups excluding carboxylic acids is 1. The van der Waals surface area contributed by atoms with Crippen molar-refractivity contribution in [3.8, 4) is 5.75 Å². The lowest BCUT2D eigenvalue weighted by molar-refractivity contribution is -0.116. The van der Waals surface area contributed by atoms with Crippen LogP contribution in [-0.4, -0.2) is 33.2 Å². The van der Waals surface area contributed by atoms with Gasteiger partial charge in [-0.2, -0.15) is 0 Å². The number of amides is 1. The second-order valence-electron chi connectivity index (χ2n) is 5.78. The summed E-state index contributed by atoms with van der Waals surface area (Å²) >= 11 is 11.8. The maximum atomic E-state index is 12.6. The van der Waals surface area contributed by atoms with Gasteiger partial charge in [0.2, 0.25) is 15.9 Å². The number of halogens is 2. The Bertz CT molecular complexity index is 917. The number of ether oxygens (including phenoxy) is 1. The molecule has 146 valence electrons. The van der Waals surface area contributed by atoms with Crippen LogP contribution in [0.5, 0.6) is 5.75 Å². The molecule has 0 unspecified atom stereocenters. The molecule has 0 heterocycles. The summed E-state index contributed by atoms with van der Waals surface area (Å²) in [5.41, 5.74) is 0.777. The van der Waals surface area contributed by atoms with Crippen molar-refractivity contribution in [2.24, 2.45) is 0 Å². The Balaban J connectivity index is 2.27. The van der Waals surface area contributed by atoms with Crippen LogP contribution in [0.25, 0.3) is 0 Å². The average Bonchev–Trinajstić information content (AvgIpc) is 2.59. The summed E-state index contributed by atoms with van der Waals surface area (Å²) in [4.78, 5) is 12.6. The zero-order valence-electron chi connectivity index (χ0n) is 15.1. The molecule has 1 amide bonds. The van der Waals surface area contributed by atoms with Gasteiger partial charge in [-0.25, -0.2) is 8.42 Å². The Morgan fingerprint density at radius 1 is 1.15 bits per heavy atom. The highest BCUT2D eigenvalue weighted by Crippen LogP contribution is 2.27. The fourth-order valence-electron chi connectivity index (χ4n) is 2.49. The van der Waals surface area contributed by atoms with Gasteiger partial charge in [0.25, 0.3) is 0 Å². The van der Waals surface area contributed by atoms with Crippen LogP contribution in [0.4, 0.5) is 11.4 Å². The third kappa shape index (κ3) is 5.51. The first-order valence-electron chi connectivity index (χ1n) is 8.11. The topological polar surface area (TPSA) is 75.7 Å². The van der Waals surface area contributed by atoms with E-state index >= 15 is 0 Å². The van der Waals surface area contributed by atoms with Gasteiger partial charge < -0.3 is 10.1 Å². The predicted molar refractivity (Wildman–Crippen MR) is 109 cm³/mol. The molecule has 1 atom stereocenters. The summed E-state index contributed by atoms with van der Waals surface area (Å²) in [5.74, 6) is 0.107. The zero-order valence-corrected chi connectivity index (χ0v) is 17.4. The van der Waals surface area contributed by atoms with Crippen LogP contribution < -0.4 is 14.4 Å². The van der Waals surface area contributed by atoms with Crippen LogP contribution >= 0.6 is 23.2 Å². The van der Waals surface area contributed by atoms with Crippen molar-refractivity contribution in [1.29, 1.82) is 0 Å². The van der Waals surface area contributed by atoms with Crippen LogP contribution in [0.3, 0.4) is 0 Å². The van der Waals surface area contributed by atoms with Gasteiger partial charge in [-0.3, -0.25) is 9.10 Å². The van der Waals surface area contributed by atoms with Crippen LogP contribution in [0.1, 0.15) is 13.8 Å². The van der Waals surface area contributed by atoms with E-state index in [-0.39, 0.29) is 5.02 Å². The average molecular weight is 431 g/mol. The Hall–Kier alpha value is -1.96. The first-order chi connectivity index (χ1) is 12.6. The molecule has 0 saturated heterocycles. The maximum Gasteiger partial charge on any atom is 0.247 e. The molecule has 6 nitrogen and oxygen atoms in total. The van der Waals surface area contributed by atoms with Crippen molar-refractivity contribution < 1.29 is 17.9 Å². The van der Waals surface area contributed by atoms with Gasteiger partial charge in [0, 0.05) is 5.69 Å². The molecule has 0 spiro atoms. The smallest absolute Gasteiger partial charge is 0.247 e. The van der Waals surface area contributed by atoms with Crippen LogP contribution in [0, 0.1) is 0 Å². The molecule has 0 radical (unpaired) electrons. The summed E-state index contributed by atoms with van der Waals surface area (Å²) in [5, 5.41) is 3.29. The van der Waals surface area contributed by atoms with Crippen molar-refractivity contribution in [3.05, 3.63) is 52.5 Å². The Morgan fingerprint density at radius 3 is 2.30 bits per heavy atom. The summed E-state index contributed by atoms with van der Waals surface area (Å²) in [7, 11) is -3.71. The standard InChI is InChI=1S/C18H20Cl2N2O4S/c1-4-26-15-8-6-14(7-9-15)22(27(3,24)25)12(2)18(23)21-13-5-10-16(19)17(20)11-13/h5-12H,4H2,1-3H3,(H,21,23)/t12-/m0/s1. The fraction of sp³-hybridized carbons (Fsp3) is 0.278. The fourth-order valence-corrected chi connectivity index (χ4v) is 3.96. The van der Waals surface area contributed by atoms with Gasteiger partial charge >= 0.3 is 0 Å². The van der Waals surface area contributed by atoms with Crippen molar-refractivity contribution in [2.45, 2.75) is 19.9 Å². The Kier molecular flexibility index (Phi) is 6.97. The number of nitrogens with one attached hydrogen (secondary N) is 1. The SMILES string of the molecule is CCOc1ccc(N([C@@H](C)C(=O)Nc2ccc(Cl)c(Cl)c2)S(C)(=O)=O)cc1. The molecule has 9 heteroatoms. The van der Waals surface area contributed by atoms with Crippen LogP contribution in [-0.2, 0) is 14.8 Å². The minimum Gasteiger partial charge on any atom is -0.494 e. The van der Waals surface area contributed by atoms with Crippen molar-refractivity contribution in [2.75, 3.05) is 22.5 Å². The predicted octanol–water partition coefficient (Wildman–Crippen LogP) is 4.19. The number of rotatable bonds is 7. The minimum absolute atomic E-state index is 0.286. The number of nitrogens with zero attached hydrogens (tertiary/aromatic N) is 1. The molecule has 2 aromatic rings. The van der Waals surface area contributed by atoms with E-state index in [1.807, 2.05) is 6.92 Å². The number of carbonyl (C=O) groups is 1. The molecule has 1 N–H and O–H groups in total. The molecular weight excluding hydrogens is 411 g/mol. The Morgan fingerprint density at radius 2 is 1.78 bits per heavy atom. The van der Waals surface area contributed by atoms with Crippen LogP contribution in [0.2, 0.25) is 10.0 Å². The molecule has 2 aromatic carbocycles. The number of hydrogen-bond acceptors (Lipinski definition) is 4. The van der Waals surface area contributed by atoms with Crippen LogP contribution in [0.15, 0.2) is 42.5 Å². The van der Waals surface area contributed by atoms with E-state index in [4.69, 9.17) is 27.9 Å². The molecule has 27 heavy (non-hydrogen) atoms. The Labute approximate surface area is 169 Å². The third-order valence-electron chi connectivity index (χ3n) is 3.68. The summed E-state index contributed by atoms with van der Waals surface area (Å²) in [6.45, 7) is 3.86. The van der Waals surface area contributed by atoms with Gasteiger partial charge in [0.15, 0.2) is 0 Å². The van der Waals surface area contributed by atoms with E-state index < -0.39 is 22.0 Å². The second-order valence-corrected chi connectivity index (χ2v) is 8.45. The molecule has 2 rings (SSSR count). The molecule has 0 aliphatic rings. The molecule has 0 bridgehead atoms. The van der Waals surface area contributed by atoms with Gasteiger partial charge in [0.1, 0.15) is 11.8 Å². The minimum atomic E-state index is -3.71. The van der Waals surface area contributed by atoms with Gasteiger partial charge in [0.05, 0.1) is 28.6 Å². The second kappa shape index (κ2) is 8.82.